The molecule has 31 heavy (non-hydrogen) atoms. The van der Waals surface area contributed by atoms with Gasteiger partial charge in [0, 0.05) is 24.5 Å². The van der Waals surface area contributed by atoms with Gasteiger partial charge in [-0.1, -0.05) is 54.0 Å². The minimum absolute atomic E-state index is 0.180. The lowest BCUT2D eigenvalue weighted by Crippen LogP contribution is -2.51. The molecule has 0 saturated carbocycles. The van der Waals surface area contributed by atoms with Crippen LogP contribution in [0.1, 0.15) is 29.3 Å². The van der Waals surface area contributed by atoms with Crippen molar-refractivity contribution in [3.8, 4) is 17.2 Å². The summed E-state index contributed by atoms with van der Waals surface area (Å²) < 4.78 is 23.1. The molecule has 2 aliphatic rings. The molecule has 2 aromatic carbocycles. The van der Waals surface area contributed by atoms with E-state index in [0.29, 0.717) is 23.6 Å². The van der Waals surface area contributed by atoms with Crippen molar-refractivity contribution < 1.29 is 28.9 Å². The second-order valence-electron chi connectivity index (χ2n) is 7.45. The molecule has 7 nitrogen and oxygen atoms in total. The van der Waals surface area contributed by atoms with Crippen molar-refractivity contribution in [1.29, 1.82) is 0 Å². The van der Waals surface area contributed by atoms with Gasteiger partial charge in [-0.3, -0.25) is 4.79 Å². The summed E-state index contributed by atoms with van der Waals surface area (Å²) in [5.74, 6) is 0.344. The highest BCUT2D eigenvalue weighted by atomic mass is 35.5. The summed E-state index contributed by atoms with van der Waals surface area (Å²) in [6.45, 7) is 2.05. The van der Waals surface area contributed by atoms with Gasteiger partial charge in [-0.2, -0.15) is 0 Å². The highest BCUT2D eigenvalue weighted by Crippen LogP contribution is 2.54. The number of benzene rings is 2. The van der Waals surface area contributed by atoms with Crippen LogP contribution in [-0.4, -0.2) is 36.5 Å². The maximum absolute atomic E-state index is 13.8. The standard InChI is InChI=1S/C23H22ClNO6/c1-13-9-15(25-27)10-18(30-12-14-7-5-4-6-8-14)23(13)22(26)19-16(28-2)11-17(29-3)20(24)21(19)31-23/h4-8,10-11,13,27H,9,12H2,1-3H3/b25-15-/t13-,23+/m1/s1. The smallest absolute Gasteiger partial charge is 0.231 e. The molecule has 0 saturated heterocycles. The Hall–Kier alpha value is -3.19. The molecule has 8 heteroatoms. The number of nitrogens with zero attached hydrogens (tertiary/aromatic N) is 1. The highest BCUT2D eigenvalue weighted by molar-refractivity contribution is 6.35. The zero-order chi connectivity index (χ0) is 22.2. The monoisotopic (exact) mass is 443 g/mol. The molecule has 1 aliphatic heterocycles. The van der Waals surface area contributed by atoms with E-state index < -0.39 is 11.5 Å². The van der Waals surface area contributed by atoms with Crippen molar-refractivity contribution in [1.82, 2.24) is 0 Å². The molecule has 0 aromatic heterocycles. The maximum atomic E-state index is 13.8. The largest absolute Gasteiger partial charge is 0.496 e. The number of carbonyl (C=O) groups excluding carboxylic acids is 1. The Bertz CT molecular complexity index is 1080. The van der Waals surface area contributed by atoms with Crippen molar-refractivity contribution in [2.45, 2.75) is 25.6 Å². The SMILES string of the molecule is COc1cc(OC)c2c(c1Cl)O[C@]1(C2=O)C(OCc2ccccc2)=C/C(=N\O)C[C@H]1C. The molecular weight excluding hydrogens is 422 g/mol. The molecule has 0 radical (unpaired) electrons. The third kappa shape index (κ3) is 3.29. The predicted octanol–water partition coefficient (Wildman–Crippen LogP) is 4.64. The molecule has 1 spiro atoms. The third-order valence-corrected chi connectivity index (χ3v) is 6.02. The van der Waals surface area contributed by atoms with Crippen LogP contribution in [0, 0.1) is 5.92 Å². The van der Waals surface area contributed by atoms with Crippen molar-refractivity contribution in [2.75, 3.05) is 14.2 Å². The fraction of sp³-hybridized carbons (Fsp3) is 0.304. The van der Waals surface area contributed by atoms with Crippen molar-refractivity contribution >= 4 is 23.1 Å². The van der Waals surface area contributed by atoms with Gasteiger partial charge in [0.25, 0.3) is 0 Å². The molecule has 0 bridgehead atoms. The lowest BCUT2D eigenvalue weighted by molar-refractivity contribution is 0.00866. The van der Waals surface area contributed by atoms with Crippen LogP contribution in [-0.2, 0) is 11.3 Å². The molecule has 4 rings (SSSR count). The number of ketones is 1. The topological polar surface area (TPSA) is 86.6 Å². The van der Waals surface area contributed by atoms with Gasteiger partial charge >= 0.3 is 0 Å². The molecule has 162 valence electrons. The van der Waals surface area contributed by atoms with Crippen molar-refractivity contribution in [3.05, 3.63) is 64.4 Å². The van der Waals surface area contributed by atoms with Gasteiger partial charge in [0.2, 0.25) is 11.4 Å². The summed E-state index contributed by atoms with van der Waals surface area (Å²) in [7, 11) is 2.94. The Morgan fingerprint density at radius 2 is 1.94 bits per heavy atom. The Balaban J connectivity index is 1.82. The summed E-state index contributed by atoms with van der Waals surface area (Å²) >= 11 is 6.49. The van der Waals surface area contributed by atoms with Crippen LogP contribution in [0.2, 0.25) is 5.02 Å². The average Bonchev–Trinajstić information content (AvgIpc) is 3.10. The van der Waals surface area contributed by atoms with E-state index in [9.17, 15) is 10.0 Å². The fourth-order valence-corrected chi connectivity index (χ4v) is 4.32. The molecule has 1 N–H and O–H groups in total. The second kappa shape index (κ2) is 8.15. The van der Waals surface area contributed by atoms with Crippen LogP contribution in [0.3, 0.4) is 0 Å². The van der Waals surface area contributed by atoms with Crippen LogP contribution in [0.15, 0.2) is 53.4 Å². The average molecular weight is 444 g/mol. The summed E-state index contributed by atoms with van der Waals surface area (Å²) in [5, 5.41) is 12.9. The number of halogens is 1. The molecule has 0 amide bonds. The van der Waals surface area contributed by atoms with Crippen LogP contribution >= 0.6 is 11.6 Å². The number of ether oxygens (including phenoxy) is 4. The Kier molecular flexibility index (Phi) is 5.54. The zero-order valence-electron chi connectivity index (χ0n) is 17.3. The first-order chi connectivity index (χ1) is 15.0. The number of carbonyl (C=O) groups is 1. The number of fused-ring (bicyclic) bond motifs is 1. The van der Waals surface area contributed by atoms with E-state index in [1.54, 1.807) is 12.1 Å². The van der Waals surface area contributed by atoms with Crippen molar-refractivity contribution in [3.63, 3.8) is 0 Å². The van der Waals surface area contributed by atoms with Gasteiger partial charge in [0.15, 0.2) is 11.5 Å². The number of oxime groups is 1. The third-order valence-electron chi connectivity index (χ3n) is 5.66. The first-order valence-corrected chi connectivity index (χ1v) is 10.1. The first-order valence-electron chi connectivity index (χ1n) is 9.74. The molecule has 1 aliphatic carbocycles. The molecular formula is C23H22ClNO6. The van der Waals surface area contributed by atoms with Gasteiger partial charge in [0.05, 0.1) is 19.9 Å². The number of Topliss-reactive ketones (excluding diaryl/α,β-unsaturated/α-hetero) is 1. The molecule has 2 atom stereocenters. The van der Waals surface area contributed by atoms with Crippen molar-refractivity contribution in [2.24, 2.45) is 11.1 Å². The van der Waals surface area contributed by atoms with E-state index >= 15 is 0 Å². The van der Waals surface area contributed by atoms with Crippen LogP contribution < -0.4 is 14.2 Å². The summed E-state index contributed by atoms with van der Waals surface area (Å²) in [6, 6.07) is 11.1. The minimum atomic E-state index is -1.46. The number of rotatable bonds is 5. The van der Waals surface area contributed by atoms with E-state index in [1.165, 1.54) is 14.2 Å². The highest BCUT2D eigenvalue weighted by Gasteiger charge is 2.59. The quantitative estimate of drug-likeness (QED) is 0.535. The van der Waals surface area contributed by atoms with Crippen LogP contribution in [0.5, 0.6) is 17.2 Å². The summed E-state index contributed by atoms with van der Waals surface area (Å²) in [6.07, 6.45) is 1.86. The van der Waals surface area contributed by atoms with Gasteiger partial charge in [-0.15, -0.1) is 0 Å². The van der Waals surface area contributed by atoms with Gasteiger partial charge in [-0.25, -0.2) is 0 Å². The lowest BCUT2D eigenvalue weighted by atomic mass is 9.75. The fourth-order valence-electron chi connectivity index (χ4n) is 4.06. The Morgan fingerprint density at radius 1 is 1.23 bits per heavy atom. The number of hydrogen-bond donors (Lipinski definition) is 1. The molecule has 2 aromatic rings. The maximum Gasteiger partial charge on any atom is 0.231 e. The minimum Gasteiger partial charge on any atom is -0.496 e. The van der Waals surface area contributed by atoms with Gasteiger partial charge in [-0.05, 0) is 5.56 Å². The normalized spacial score (nSPS) is 23.4. The van der Waals surface area contributed by atoms with E-state index in [-0.39, 0.29) is 34.5 Å². The molecule has 0 unspecified atom stereocenters. The zero-order valence-corrected chi connectivity index (χ0v) is 18.1. The van der Waals surface area contributed by atoms with E-state index in [2.05, 4.69) is 5.16 Å². The van der Waals surface area contributed by atoms with E-state index in [0.717, 1.165) is 5.56 Å². The van der Waals surface area contributed by atoms with Crippen LogP contribution in [0.25, 0.3) is 0 Å². The summed E-state index contributed by atoms with van der Waals surface area (Å²) in [5.41, 5.74) is 0.0802. The lowest BCUT2D eigenvalue weighted by Gasteiger charge is -2.37. The van der Waals surface area contributed by atoms with Gasteiger partial charge in [0.1, 0.15) is 28.7 Å². The molecule has 1 heterocycles. The second-order valence-corrected chi connectivity index (χ2v) is 7.82. The number of hydrogen-bond acceptors (Lipinski definition) is 7. The number of allylic oxidation sites excluding steroid dienone is 1. The Morgan fingerprint density at radius 3 is 2.58 bits per heavy atom. The predicted molar refractivity (Wildman–Crippen MR) is 115 cm³/mol. The van der Waals surface area contributed by atoms with E-state index in [4.69, 9.17) is 30.5 Å². The van der Waals surface area contributed by atoms with Crippen LogP contribution in [0.4, 0.5) is 0 Å². The first kappa shape index (κ1) is 21.1. The number of methoxy groups -OCH3 is 2. The molecule has 0 fully saturated rings. The van der Waals surface area contributed by atoms with Gasteiger partial charge < -0.3 is 24.2 Å². The van der Waals surface area contributed by atoms with E-state index in [1.807, 2.05) is 37.3 Å². The summed E-state index contributed by atoms with van der Waals surface area (Å²) in [4.78, 5) is 13.8. The Labute approximate surface area is 184 Å².